The van der Waals surface area contributed by atoms with Crippen LogP contribution in [0.25, 0.3) is 10.2 Å². The van der Waals surface area contributed by atoms with Crippen LogP contribution in [0.3, 0.4) is 0 Å². The van der Waals surface area contributed by atoms with E-state index in [1.807, 2.05) is 22.3 Å². The van der Waals surface area contributed by atoms with E-state index >= 15 is 0 Å². The Hall–Kier alpha value is -2.02. The first-order valence-corrected chi connectivity index (χ1v) is 10.0. The van der Waals surface area contributed by atoms with Crippen molar-refractivity contribution in [2.24, 2.45) is 5.92 Å². The van der Waals surface area contributed by atoms with Crippen LogP contribution < -0.4 is 4.90 Å². The molecule has 1 unspecified atom stereocenters. The first kappa shape index (κ1) is 15.3. The van der Waals surface area contributed by atoms with Gasteiger partial charge in [-0.25, -0.2) is 15.0 Å². The van der Waals surface area contributed by atoms with Crippen LogP contribution in [0.15, 0.2) is 19.0 Å². The molecule has 0 bridgehead atoms. The molecule has 4 heterocycles. The molecule has 6 nitrogen and oxygen atoms in total. The molecule has 1 fully saturated rings. The predicted molar refractivity (Wildman–Crippen MR) is 99.0 cm³/mol. The van der Waals surface area contributed by atoms with Crippen LogP contribution in [0.5, 0.6) is 0 Å². The number of nitrogens with zero attached hydrogens (tertiary/aromatic N) is 6. The number of piperidine rings is 1. The van der Waals surface area contributed by atoms with Gasteiger partial charge in [0.2, 0.25) is 0 Å². The smallest absolute Gasteiger partial charge is 0.141 e. The lowest BCUT2D eigenvalue weighted by molar-refractivity contribution is 0.350. The molecule has 0 radical (unpaired) electrons. The van der Waals surface area contributed by atoms with Gasteiger partial charge in [0.15, 0.2) is 0 Å². The Kier molecular flexibility index (Phi) is 3.88. The first-order valence-electron chi connectivity index (χ1n) is 9.21. The third kappa shape index (κ3) is 2.80. The second-order valence-corrected chi connectivity index (χ2v) is 8.24. The molecule has 1 saturated heterocycles. The average molecular weight is 354 g/mol. The van der Waals surface area contributed by atoms with Crippen molar-refractivity contribution in [1.29, 1.82) is 0 Å². The number of hydrogen-bond donors (Lipinski definition) is 0. The second-order valence-electron chi connectivity index (χ2n) is 7.16. The fourth-order valence-corrected chi connectivity index (χ4v) is 5.53. The Morgan fingerprint density at radius 1 is 1.12 bits per heavy atom. The monoisotopic (exact) mass is 354 g/mol. The summed E-state index contributed by atoms with van der Waals surface area (Å²) in [5, 5.41) is 5.61. The van der Waals surface area contributed by atoms with Crippen molar-refractivity contribution >= 4 is 27.4 Å². The normalized spacial score (nSPS) is 20.8. The summed E-state index contributed by atoms with van der Waals surface area (Å²) in [5.74, 6) is 1.75. The molecule has 1 aliphatic carbocycles. The van der Waals surface area contributed by atoms with Crippen LogP contribution >= 0.6 is 11.3 Å². The zero-order valence-corrected chi connectivity index (χ0v) is 15.1. The van der Waals surface area contributed by atoms with E-state index in [9.17, 15) is 0 Å². The number of fused-ring (bicyclic) bond motifs is 3. The van der Waals surface area contributed by atoms with Crippen LogP contribution in [0.4, 0.5) is 5.82 Å². The Balaban J connectivity index is 1.47. The van der Waals surface area contributed by atoms with Crippen LogP contribution in [0, 0.1) is 5.92 Å². The maximum atomic E-state index is 4.73. The summed E-state index contributed by atoms with van der Waals surface area (Å²) >= 11 is 1.88. The molecule has 0 N–H and O–H groups in total. The number of hydrogen-bond acceptors (Lipinski definition) is 6. The van der Waals surface area contributed by atoms with Crippen molar-refractivity contribution < 1.29 is 0 Å². The van der Waals surface area contributed by atoms with Gasteiger partial charge in [0.1, 0.15) is 29.6 Å². The van der Waals surface area contributed by atoms with Crippen molar-refractivity contribution in [2.45, 2.75) is 45.1 Å². The van der Waals surface area contributed by atoms with E-state index in [0.717, 1.165) is 25.5 Å². The molecule has 0 spiro atoms. The van der Waals surface area contributed by atoms with E-state index in [4.69, 9.17) is 4.98 Å². The maximum absolute atomic E-state index is 4.73. The molecule has 0 saturated carbocycles. The molecular weight excluding hydrogens is 332 g/mol. The molecule has 0 aromatic carbocycles. The molecule has 1 atom stereocenters. The van der Waals surface area contributed by atoms with Crippen molar-refractivity contribution in [3.8, 4) is 0 Å². The van der Waals surface area contributed by atoms with Gasteiger partial charge in [0.05, 0.1) is 5.39 Å². The highest BCUT2D eigenvalue weighted by atomic mass is 32.1. The summed E-state index contributed by atoms with van der Waals surface area (Å²) in [6.07, 6.45) is 12.6. The largest absolute Gasteiger partial charge is 0.356 e. The Morgan fingerprint density at radius 3 is 3.00 bits per heavy atom. The molecule has 5 rings (SSSR count). The van der Waals surface area contributed by atoms with Gasteiger partial charge in [-0.2, -0.15) is 5.10 Å². The minimum atomic E-state index is 0.593. The Labute approximate surface area is 150 Å². The SMILES string of the molecule is c1nc(N2CCCC(Cn3cncn3)C2)c2c3c(sc2n1)CCCC3. The van der Waals surface area contributed by atoms with Crippen LogP contribution in [-0.4, -0.2) is 37.8 Å². The molecule has 3 aromatic rings. The summed E-state index contributed by atoms with van der Waals surface area (Å²) in [6.45, 7) is 3.06. The highest BCUT2D eigenvalue weighted by Gasteiger charge is 2.26. The topological polar surface area (TPSA) is 59.7 Å². The zero-order valence-electron chi connectivity index (χ0n) is 14.3. The summed E-state index contributed by atoms with van der Waals surface area (Å²) in [5.41, 5.74) is 1.53. The van der Waals surface area contributed by atoms with E-state index in [0.29, 0.717) is 5.92 Å². The fraction of sp³-hybridized carbons (Fsp3) is 0.556. The van der Waals surface area contributed by atoms with Crippen LogP contribution in [0.2, 0.25) is 0 Å². The summed E-state index contributed by atoms with van der Waals surface area (Å²) in [6, 6.07) is 0. The van der Waals surface area contributed by atoms with Crippen molar-refractivity contribution in [3.05, 3.63) is 29.4 Å². The van der Waals surface area contributed by atoms with Gasteiger partial charge in [-0.3, -0.25) is 4.68 Å². The molecule has 7 heteroatoms. The highest BCUT2D eigenvalue weighted by Crippen LogP contribution is 2.40. The number of anilines is 1. The molecule has 130 valence electrons. The zero-order chi connectivity index (χ0) is 16.6. The molecule has 1 aliphatic heterocycles. The lowest BCUT2D eigenvalue weighted by atomic mass is 9.95. The Bertz CT molecular complexity index is 871. The van der Waals surface area contributed by atoms with E-state index in [2.05, 4.69) is 20.0 Å². The van der Waals surface area contributed by atoms with Crippen LogP contribution in [0.1, 0.15) is 36.1 Å². The maximum Gasteiger partial charge on any atom is 0.141 e. The predicted octanol–water partition coefficient (Wildman–Crippen LogP) is 3.08. The minimum absolute atomic E-state index is 0.593. The average Bonchev–Trinajstić information content (AvgIpc) is 3.29. The summed E-state index contributed by atoms with van der Waals surface area (Å²) < 4.78 is 1.95. The fourth-order valence-electron chi connectivity index (χ4n) is 4.31. The van der Waals surface area contributed by atoms with Gasteiger partial charge >= 0.3 is 0 Å². The van der Waals surface area contributed by atoms with Crippen molar-refractivity contribution in [2.75, 3.05) is 18.0 Å². The third-order valence-electron chi connectivity index (χ3n) is 5.46. The van der Waals surface area contributed by atoms with Gasteiger partial charge < -0.3 is 4.90 Å². The van der Waals surface area contributed by atoms with E-state index in [-0.39, 0.29) is 0 Å². The van der Waals surface area contributed by atoms with Gasteiger partial charge in [-0.15, -0.1) is 11.3 Å². The second kappa shape index (κ2) is 6.37. The minimum Gasteiger partial charge on any atom is -0.356 e. The van der Waals surface area contributed by atoms with E-state index < -0.39 is 0 Å². The first-order chi connectivity index (χ1) is 12.4. The third-order valence-corrected chi connectivity index (χ3v) is 6.66. The van der Waals surface area contributed by atoms with Gasteiger partial charge in [-0.05, 0) is 50.0 Å². The molecule has 25 heavy (non-hydrogen) atoms. The van der Waals surface area contributed by atoms with Crippen LogP contribution in [-0.2, 0) is 19.4 Å². The van der Waals surface area contributed by atoms with Gasteiger partial charge in [0.25, 0.3) is 0 Å². The number of aromatic nitrogens is 5. The molecule has 3 aromatic heterocycles. The van der Waals surface area contributed by atoms with Gasteiger partial charge in [0, 0.05) is 24.5 Å². The van der Waals surface area contributed by atoms with E-state index in [1.165, 1.54) is 54.3 Å². The molecule has 0 amide bonds. The number of rotatable bonds is 3. The lowest BCUT2D eigenvalue weighted by Gasteiger charge is -2.34. The summed E-state index contributed by atoms with van der Waals surface area (Å²) in [7, 11) is 0. The number of aryl methyl sites for hydroxylation is 2. The quantitative estimate of drug-likeness (QED) is 0.723. The standard InChI is InChI=1S/C18H22N6S/c1-2-6-15-14(5-1)16-17(20-11-21-18(16)25-15)23-7-3-4-13(8-23)9-24-12-19-10-22-24/h10-13H,1-9H2. The van der Waals surface area contributed by atoms with Gasteiger partial charge in [-0.1, -0.05) is 0 Å². The molecule has 2 aliphatic rings. The Morgan fingerprint density at radius 2 is 2.08 bits per heavy atom. The number of thiophene rings is 1. The van der Waals surface area contributed by atoms with Crippen molar-refractivity contribution in [3.63, 3.8) is 0 Å². The van der Waals surface area contributed by atoms with E-state index in [1.54, 1.807) is 17.5 Å². The van der Waals surface area contributed by atoms with Crippen molar-refractivity contribution in [1.82, 2.24) is 24.7 Å². The molecular formula is C18H22N6S. The summed E-state index contributed by atoms with van der Waals surface area (Å²) in [4.78, 5) is 18.6. The lowest BCUT2D eigenvalue weighted by Crippen LogP contribution is -2.37. The highest BCUT2D eigenvalue weighted by molar-refractivity contribution is 7.19.